The minimum Gasteiger partial charge on any atom is -0.390 e. The Bertz CT molecular complexity index is 336. The van der Waals surface area contributed by atoms with Gasteiger partial charge in [0.05, 0.1) is 5.60 Å². The zero-order valence-corrected chi connectivity index (χ0v) is 11.4. The number of thiophene rings is 1. The predicted molar refractivity (Wildman–Crippen MR) is 68.3 cm³/mol. The standard InChI is InChI=1S/C12H17BrOS/c1-2-9-3-4-12(14,6-9)7-11-5-10(13)8-15-11/h5,8-9,14H,2-4,6-7H2,1H3. The van der Waals surface area contributed by atoms with Gasteiger partial charge in [-0.15, -0.1) is 11.3 Å². The molecule has 15 heavy (non-hydrogen) atoms. The van der Waals surface area contributed by atoms with Crippen LogP contribution in [0.15, 0.2) is 15.9 Å². The van der Waals surface area contributed by atoms with Crippen LogP contribution in [-0.2, 0) is 6.42 Å². The van der Waals surface area contributed by atoms with E-state index in [4.69, 9.17) is 0 Å². The summed E-state index contributed by atoms with van der Waals surface area (Å²) in [5.74, 6) is 0.735. The highest BCUT2D eigenvalue weighted by molar-refractivity contribution is 9.10. The van der Waals surface area contributed by atoms with Crippen molar-refractivity contribution >= 4 is 27.3 Å². The van der Waals surface area contributed by atoms with E-state index in [1.165, 1.54) is 17.7 Å². The highest BCUT2D eigenvalue weighted by atomic mass is 79.9. The molecule has 2 unspecified atom stereocenters. The van der Waals surface area contributed by atoms with Crippen molar-refractivity contribution in [2.75, 3.05) is 0 Å². The number of halogens is 1. The van der Waals surface area contributed by atoms with Crippen LogP contribution in [0.25, 0.3) is 0 Å². The van der Waals surface area contributed by atoms with E-state index in [-0.39, 0.29) is 0 Å². The molecule has 2 atom stereocenters. The molecule has 1 aromatic rings. The third-order valence-electron chi connectivity index (χ3n) is 3.39. The van der Waals surface area contributed by atoms with Crippen LogP contribution in [0, 0.1) is 5.92 Å². The Balaban J connectivity index is 2.00. The van der Waals surface area contributed by atoms with Gasteiger partial charge in [-0.05, 0) is 47.2 Å². The molecule has 1 saturated carbocycles. The highest BCUT2D eigenvalue weighted by Gasteiger charge is 2.36. The fourth-order valence-corrected chi connectivity index (χ4v) is 4.08. The summed E-state index contributed by atoms with van der Waals surface area (Å²) >= 11 is 5.19. The SMILES string of the molecule is CCC1CCC(O)(Cc2cc(Br)cs2)C1. The van der Waals surface area contributed by atoms with Gasteiger partial charge in [-0.3, -0.25) is 0 Å². The Kier molecular flexibility index (Phi) is 3.53. The lowest BCUT2D eigenvalue weighted by Gasteiger charge is -2.21. The van der Waals surface area contributed by atoms with Crippen LogP contribution in [0.2, 0.25) is 0 Å². The first-order chi connectivity index (χ1) is 7.11. The van der Waals surface area contributed by atoms with E-state index < -0.39 is 5.60 Å². The van der Waals surface area contributed by atoms with Gasteiger partial charge in [0, 0.05) is 21.2 Å². The van der Waals surface area contributed by atoms with Crippen molar-refractivity contribution in [1.82, 2.24) is 0 Å². The van der Waals surface area contributed by atoms with Crippen LogP contribution in [0.4, 0.5) is 0 Å². The second kappa shape index (κ2) is 4.56. The summed E-state index contributed by atoms with van der Waals surface area (Å²) in [5.41, 5.74) is -0.426. The molecule has 1 aliphatic rings. The molecule has 1 nitrogen and oxygen atoms in total. The van der Waals surface area contributed by atoms with Crippen molar-refractivity contribution in [2.24, 2.45) is 5.92 Å². The molecular weight excluding hydrogens is 272 g/mol. The van der Waals surface area contributed by atoms with Crippen molar-refractivity contribution in [3.63, 3.8) is 0 Å². The first-order valence-corrected chi connectivity index (χ1v) is 7.24. The van der Waals surface area contributed by atoms with Crippen LogP contribution in [0.1, 0.15) is 37.5 Å². The second-order valence-electron chi connectivity index (χ2n) is 4.65. The summed E-state index contributed by atoms with van der Waals surface area (Å²) in [6.45, 7) is 2.22. The molecule has 0 aromatic carbocycles. The number of hydrogen-bond acceptors (Lipinski definition) is 2. The molecule has 0 radical (unpaired) electrons. The molecule has 1 aliphatic carbocycles. The van der Waals surface area contributed by atoms with Gasteiger partial charge in [-0.25, -0.2) is 0 Å². The molecule has 1 aromatic heterocycles. The Morgan fingerprint density at radius 1 is 1.67 bits per heavy atom. The highest BCUT2D eigenvalue weighted by Crippen LogP contribution is 2.39. The molecule has 0 spiro atoms. The quantitative estimate of drug-likeness (QED) is 0.892. The average Bonchev–Trinajstić information content (AvgIpc) is 2.74. The van der Waals surface area contributed by atoms with Gasteiger partial charge >= 0.3 is 0 Å². The summed E-state index contributed by atoms with van der Waals surface area (Å²) in [6, 6.07) is 2.13. The van der Waals surface area contributed by atoms with Crippen LogP contribution in [0.3, 0.4) is 0 Å². The maximum atomic E-state index is 10.4. The average molecular weight is 289 g/mol. The summed E-state index contributed by atoms with van der Waals surface area (Å²) in [4.78, 5) is 1.29. The lowest BCUT2D eigenvalue weighted by Crippen LogP contribution is -2.27. The van der Waals surface area contributed by atoms with E-state index in [1.54, 1.807) is 11.3 Å². The lowest BCUT2D eigenvalue weighted by atomic mass is 9.95. The fraction of sp³-hybridized carbons (Fsp3) is 0.667. The third-order valence-corrected chi connectivity index (χ3v) is 5.09. The van der Waals surface area contributed by atoms with E-state index in [0.717, 1.165) is 29.7 Å². The van der Waals surface area contributed by atoms with Gasteiger partial charge in [0.15, 0.2) is 0 Å². The minimum absolute atomic E-state index is 0.426. The Morgan fingerprint density at radius 2 is 2.47 bits per heavy atom. The van der Waals surface area contributed by atoms with Gasteiger partial charge in [0.25, 0.3) is 0 Å². The third kappa shape index (κ3) is 2.83. The Hall–Kier alpha value is 0.140. The van der Waals surface area contributed by atoms with Crippen molar-refractivity contribution in [2.45, 2.75) is 44.6 Å². The fourth-order valence-electron chi connectivity index (χ4n) is 2.49. The Morgan fingerprint density at radius 3 is 3.00 bits per heavy atom. The summed E-state index contributed by atoms with van der Waals surface area (Å²) in [7, 11) is 0. The topological polar surface area (TPSA) is 20.2 Å². The number of hydrogen-bond donors (Lipinski definition) is 1. The van der Waals surface area contributed by atoms with Gasteiger partial charge in [0.2, 0.25) is 0 Å². The Labute approximate surface area is 104 Å². The molecule has 1 fully saturated rings. The van der Waals surface area contributed by atoms with E-state index >= 15 is 0 Å². The van der Waals surface area contributed by atoms with E-state index in [0.29, 0.717) is 0 Å². The van der Waals surface area contributed by atoms with E-state index in [9.17, 15) is 5.11 Å². The zero-order chi connectivity index (χ0) is 10.9. The van der Waals surface area contributed by atoms with Crippen LogP contribution < -0.4 is 0 Å². The maximum Gasteiger partial charge on any atom is 0.0698 e. The van der Waals surface area contributed by atoms with Crippen molar-refractivity contribution in [1.29, 1.82) is 0 Å². The molecule has 3 heteroatoms. The molecule has 84 valence electrons. The number of rotatable bonds is 3. The minimum atomic E-state index is -0.426. The van der Waals surface area contributed by atoms with E-state index in [1.807, 2.05) is 0 Å². The first-order valence-electron chi connectivity index (χ1n) is 5.56. The monoisotopic (exact) mass is 288 g/mol. The normalized spacial score (nSPS) is 31.0. The molecular formula is C12H17BrOS. The largest absolute Gasteiger partial charge is 0.390 e. The van der Waals surface area contributed by atoms with Crippen LogP contribution in [0.5, 0.6) is 0 Å². The van der Waals surface area contributed by atoms with Gasteiger partial charge in [-0.1, -0.05) is 13.3 Å². The second-order valence-corrected chi connectivity index (χ2v) is 6.56. The zero-order valence-electron chi connectivity index (χ0n) is 9.00. The molecule has 0 saturated heterocycles. The molecule has 1 heterocycles. The molecule has 0 amide bonds. The van der Waals surface area contributed by atoms with Gasteiger partial charge < -0.3 is 5.11 Å². The smallest absolute Gasteiger partial charge is 0.0698 e. The van der Waals surface area contributed by atoms with Crippen LogP contribution >= 0.6 is 27.3 Å². The van der Waals surface area contributed by atoms with Crippen molar-refractivity contribution in [3.8, 4) is 0 Å². The molecule has 0 bridgehead atoms. The van der Waals surface area contributed by atoms with E-state index in [2.05, 4.69) is 34.3 Å². The van der Waals surface area contributed by atoms with Crippen molar-refractivity contribution < 1.29 is 5.11 Å². The van der Waals surface area contributed by atoms with Gasteiger partial charge in [-0.2, -0.15) is 0 Å². The maximum absolute atomic E-state index is 10.4. The predicted octanol–water partition coefficient (Wildman–Crippen LogP) is 3.99. The summed E-state index contributed by atoms with van der Waals surface area (Å²) in [6.07, 6.45) is 5.19. The van der Waals surface area contributed by atoms with Gasteiger partial charge in [0.1, 0.15) is 0 Å². The molecule has 2 rings (SSSR count). The summed E-state index contributed by atoms with van der Waals surface area (Å²) < 4.78 is 1.14. The van der Waals surface area contributed by atoms with Crippen LogP contribution in [-0.4, -0.2) is 10.7 Å². The summed E-state index contributed by atoms with van der Waals surface area (Å²) in [5, 5.41) is 12.5. The van der Waals surface area contributed by atoms with Crippen molar-refractivity contribution in [3.05, 3.63) is 20.8 Å². The number of aliphatic hydroxyl groups is 1. The molecule has 0 aliphatic heterocycles. The first kappa shape index (κ1) is 11.6. The molecule has 1 N–H and O–H groups in total. The lowest BCUT2D eigenvalue weighted by molar-refractivity contribution is 0.0444.